The van der Waals surface area contributed by atoms with Gasteiger partial charge < -0.3 is 24.4 Å². The van der Waals surface area contributed by atoms with Gasteiger partial charge in [0.25, 0.3) is 5.78 Å². The van der Waals surface area contributed by atoms with E-state index >= 15 is 0 Å². The van der Waals surface area contributed by atoms with Gasteiger partial charge in [0.05, 0.1) is 42.2 Å². The highest BCUT2D eigenvalue weighted by Gasteiger charge is 2.48. The van der Waals surface area contributed by atoms with Crippen molar-refractivity contribution in [1.82, 2.24) is 4.98 Å². The summed E-state index contributed by atoms with van der Waals surface area (Å²) in [5, 5.41) is 21.9. The summed E-state index contributed by atoms with van der Waals surface area (Å²) in [4.78, 5) is 32.9. The Morgan fingerprint density at radius 1 is 0.974 bits per heavy atom. The topological polar surface area (TPSA) is 118 Å². The fourth-order valence-corrected chi connectivity index (χ4v) is 5.49. The normalized spacial score (nSPS) is 16.6. The van der Waals surface area contributed by atoms with Gasteiger partial charge in [0.2, 0.25) is 0 Å². The molecule has 2 N–H and O–H groups in total. The predicted molar refractivity (Wildman–Crippen MR) is 148 cm³/mol. The van der Waals surface area contributed by atoms with Gasteiger partial charge in [0.1, 0.15) is 17.3 Å². The zero-order chi connectivity index (χ0) is 27.7. The number of rotatable bonds is 8. The molecule has 0 bridgehead atoms. The third-order valence-corrected chi connectivity index (χ3v) is 7.29. The maximum Gasteiger partial charge on any atom is 0.301 e. The molecule has 3 aromatic carbocycles. The smallest absolute Gasteiger partial charge is 0.301 e. The number of aliphatic hydroxyl groups is 1. The second-order valence-electron chi connectivity index (χ2n) is 8.62. The number of aliphatic hydroxyl groups excluding tert-OH is 1. The van der Waals surface area contributed by atoms with Crippen LogP contribution in [-0.2, 0) is 9.59 Å². The molecule has 1 unspecified atom stereocenters. The van der Waals surface area contributed by atoms with Crippen molar-refractivity contribution >= 4 is 44.1 Å². The fraction of sp³-hybridized carbons (Fsp3) is 0.207. The summed E-state index contributed by atoms with van der Waals surface area (Å²) in [5.41, 5.74) is 1.33. The highest BCUT2D eigenvalue weighted by molar-refractivity contribution is 7.22. The average Bonchev–Trinajstić information content (AvgIpc) is 3.47. The summed E-state index contributed by atoms with van der Waals surface area (Å²) in [6.45, 7) is 4.46. The number of phenols is 1. The SMILES string of the molecule is CCOc1ccc2nc(N3C(=O)C(=O)C(=C(O)c4ccc(OC)cc4)C3c3ccc(O)c(OCC)c3)sc2c1. The number of aromatic nitrogens is 1. The van der Waals surface area contributed by atoms with Crippen LogP contribution in [-0.4, -0.2) is 47.2 Å². The summed E-state index contributed by atoms with van der Waals surface area (Å²) in [7, 11) is 1.52. The molecule has 0 radical (unpaired) electrons. The molecular formula is C29H26N2O7S. The minimum Gasteiger partial charge on any atom is -0.507 e. The summed E-state index contributed by atoms with van der Waals surface area (Å²) in [6.07, 6.45) is 0. The Balaban J connectivity index is 1.70. The molecule has 4 aromatic rings. The molecule has 1 aliphatic heterocycles. The molecule has 0 spiro atoms. The van der Waals surface area contributed by atoms with Gasteiger partial charge in [-0.1, -0.05) is 17.4 Å². The van der Waals surface area contributed by atoms with Crippen molar-refractivity contribution < 1.29 is 34.0 Å². The Morgan fingerprint density at radius 2 is 1.69 bits per heavy atom. The number of thiazole rings is 1. The number of ketones is 1. The molecule has 200 valence electrons. The van der Waals surface area contributed by atoms with Crippen LogP contribution in [0.5, 0.6) is 23.0 Å². The average molecular weight is 547 g/mol. The Kier molecular flexibility index (Phi) is 7.12. The Hall–Kier alpha value is -4.57. The number of carbonyl (C=O) groups is 2. The van der Waals surface area contributed by atoms with Gasteiger partial charge in [-0.05, 0) is 74.0 Å². The van der Waals surface area contributed by atoms with Gasteiger partial charge in [0.15, 0.2) is 16.6 Å². The van der Waals surface area contributed by atoms with Crippen LogP contribution in [0.1, 0.15) is 31.0 Å². The number of amides is 1. The van der Waals surface area contributed by atoms with E-state index in [1.54, 1.807) is 55.5 Å². The largest absolute Gasteiger partial charge is 0.507 e. The first kappa shape index (κ1) is 26.1. The lowest BCUT2D eigenvalue weighted by Gasteiger charge is -2.23. The molecule has 1 aliphatic rings. The second kappa shape index (κ2) is 10.7. The van der Waals surface area contributed by atoms with Gasteiger partial charge in [-0.3, -0.25) is 14.5 Å². The number of fused-ring (bicyclic) bond motifs is 1. The number of methoxy groups -OCH3 is 1. The molecule has 1 saturated heterocycles. The highest BCUT2D eigenvalue weighted by atomic mass is 32.1. The molecular weight excluding hydrogens is 520 g/mol. The number of hydrogen-bond donors (Lipinski definition) is 2. The van der Waals surface area contributed by atoms with E-state index in [1.807, 2.05) is 13.0 Å². The van der Waals surface area contributed by atoms with Crippen molar-refractivity contribution in [2.75, 3.05) is 25.2 Å². The van der Waals surface area contributed by atoms with E-state index in [4.69, 9.17) is 14.2 Å². The first-order valence-corrected chi connectivity index (χ1v) is 13.1. The minimum absolute atomic E-state index is 0.0869. The van der Waals surface area contributed by atoms with E-state index in [0.29, 0.717) is 41.4 Å². The number of carbonyl (C=O) groups excluding carboxylic acids is 2. The van der Waals surface area contributed by atoms with Crippen molar-refractivity contribution in [3.8, 4) is 23.0 Å². The van der Waals surface area contributed by atoms with Crippen LogP contribution in [0.3, 0.4) is 0 Å². The molecule has 9 nitrogen and oxygen atoms in total. The molecule has 10 heteroatoms. The van der Waals surface area contributed by atoms with E-state index in [-0.39, 0.29) is 28.0 Å². The molecule has 1 amide bonds. The number of benzene rings is 3. The second-order valence-corrected chi connectivity index (χ2v) is 9.63. The van der Waals surface area contributed by atoms with Crippen molar-refractivity contribution in [3.63, 3.8) is 0 Å². The molecule has 0 saturated carbocycles. The number of ether oxygens (including phenoxy) is 3. The van der Waals surface area contributed by atoms with Crippen LogP contribution < -0.4 is 19.1 Å². The van der Waals surface area contributed by atoms with Crippen LogP contribution in [0.4, 0.5) is 5.13 Å². The number of Topliss-reactive ketones (excluding diaryl/α,β-unsaturated/α-hetero) is 1. The third kappa shape index (κ3) is 4.74. The zero-order valence-electron chi connectivity index (χ0n) is 21.5. The quantitative estimate of drug-likeness (QED) is 0.171. The summed E-state index contributed by atoms with van der Waals surface area (Å²) >= 11 is 1.23. The predicted octanol–water partition coefficient (Wildman–Crippen LogP) is 5.43. The molecule has 1 atom stereocenters. The van der Waals surface area contributed by atoms with E-state index in [1.165, 1.54) is 29.4 Å². The van der Waals surface area contributed by atoms with Crippen LogP contribution in [0, 0.1) is 0 Å². The third-order valence-electron chi connectivity index (χ3n) is 6.27. The van der Waals surface area contributed by atoms with Crippen molar-refractivity contribution in [2.24, 2.45) is 0 Å². The first-order valence-electron chi connectivity index (χ1n) is 12.3. The summed E-state index contributed by atoms with van der Waals surface area (Å²) < 4.78 is 17.1. The van der Waals surface area contributed by atoms with Crippen LogP contribution in [0.2, 0.25) is 0 Å². The first-order chi connectivity index (χ1) is 18.9. The maximum atomic E-state index is 13.5. The minimum atomic E-state index is -1.03. The highest BCUT2D eigenvalue weighted by Crippen LogP contribution is 2.46. The molecule has 39 heavy (non-hydrogen) atoms. The molecule has 0 aliphatic carbocycles. The van der Waals surface area contributed by atoms with Gasteiger partial charge >= 0.3 is 5.91 Å². The monoisotopic (exact) mass is 546 g/mol. The van der Waals surface area contributed by atoms with Crippen LogP contribution >= 0.6 is 11.3 Å². The van der Waals surface area contributed by atoms with Crippen molar-refractivity contribution in [1.29, 1.82) is 0 Å². The number of hydrogen-bond acceptors (Lipinski definition) is 9. The number of aromatic hydroxyl groups is 1. The standard InChI is InChI=1S/C29H26N2O7S/c1-4-37-19-11-12-20-23(15-19)39-29(30-20)31-25(17-8-13-21(32)22(14-17)38-5-2)24(27(34)28(31)35)26(33)16-6-9-18(36-3)10-7-16/h6-15,25,32-33H,4-5H2,1-3H3. The lowest BCUT2D eigenvalue weighted by atomic mass is 9.95. The van der Waals surface area contributed by atoms with E-state index in [2.05, 4.69) is 4.98 Å². The van der Waals surface area contributed by atoms with Crippen LogP contribution in [0.25, 0.3) is 16.0 Å². The Bertz CT molecular complexity index is 1590. The molecule has 2 heterocycles. The van der Waals surface area contributed by atoms with Crippen LogP contribution in [0.15, 0.2) is 66.2 Å². The molecule has 5 rings (SSSR count). The Morgan fingerprint density at radius 3 is 2.38 bits per heavy atom. The summed E-state index contributed by atoms with van der Waals surface area (Å²) in [6, 6.07) is 15.5. The number of phenolic OH excluding ortho intramolecular Hbond substituents is 1. The number of anilines is 1. The molecule has 1 fully saturated rings. The number of nitrogens with zero attached hydrogens (tertiary/aromatic N) is 2. The Labute approximate surface area is 228 Å². The lowest BCUT2D eigenvalue weighted by molar-refractivity contribution is -0.132. The van der Waals surface area contributed by atoms with Gasteiger partial charge in [0, 0.05) is 5.56 Å². The van der Waals surface area contributed by atoms with Gasteiger partial charge in [-0.2, -0.15) is 0 Å². The summed E-state index contributed by atoms with van der Waals surface area (Å²) in [5.74, 6) is -0.678. The van der Waals surface area contributed by atoms with Crippen molar-refractivity contribution in [2.45, 2.75) is 19.9 Å². The molecule has 1 aromatic heterocycles. The van der Waals surface area contributed by atoms with E-state index in [0.717, 1.165) is 4.70 Å². The van der Waals surface area contributed by atoms with Gasteiger partial charge in [-0.25, -0.2) is 4.98 Å². The zero-order valence-corrected chi connectivity index (χ0v) is 22.3. The van der Waals surface area contributed by atoms with E-state index in [9.17, 15) is 19.8 Å². The van der Waals surface area contributed by atoms with E-state index < -0.39 is 17.7 Å². The van der Waals surface area contributed by atoms with Crippen molar-refractivity contribution in [3.05, 3.63) is 77.4 Å². The van der Waals surface area contributed by atoms with Gasteiger partial charge in [-0.15, -0.1) is 0 Å². The maximum absolute atomic E-state index is 13.5. The lowest BCUT2D eigenvalue weighted by Crippen LogP contribution is -2.29. The fourth-order valence-electron chi connectivity index (χ4n) is 4.47.